The first-order valence-electron chi connectivity index (χ1n) is 7.24. The van der Waals surface area contributed by atoms with Gasteiger partial charge in [0.15, 0.2) is 12.6 Å². The maximum atomic E-state index is 12.2. The Morgan fingerprint density at radius 3 is 2.96 bits per heavy atom. The van der Waals surface area contributed by atoms with Crippen LogP contribution in [0.3, 0.4) is 0 Å². The summed E-state index contributed by atoms with van der Waals surface area (Å²) >= 11 is 3.34. The molecule has 0 bridgehead atoms. The van der Waals surface area contributed by atoms with Crippen molar-refractivity contribution in [2.45, 2.75) is 12.5 Å². The second kappa shape index (κ2) is 8.07. The number of amides is 2. The number of hydrogen-bond donors (Lipinski definition) is 3. The summed E-state index contributed by atoms with van der Waals surface area (Å²) in [5, 5.41) is 5.51. The second-order valence-corrected chi connectivity index (χ2v) is 6.18. The molecule has 7 nitrogen and oxygen atoms in total. The highest BCUT2D eigenvalue weighted by atomic mass is 79.9. The first-order chi connectivity index (χ1) is 11.0. The number of benzene rings is 1. The summed E-state index contributed by atoms with van der Waals surface area (Å²) in [6.07, 6.45) is -0.0398. The summed E-state index contributed by atoms with van der Waals surface area (Å²) in [6, 6.07) is 6.66. The van der Waals surface area contributed by atoms with Crippen LogP contribution >= 0.6 is 15.9 Å². The number of carbonyl (C=O) groups is 3. The van der Waals surface area contributed by atoms with E-state index in [0.717, 1.165) is 9.37 Å². The van der Waals surface area contributed by atoms with Crippen molar-refractivity contribution in [3.8, 4) is 0 Å². The third kappa shape index (κ3) is 5.04. The molecule has 0 saturated carbocycles. The summed E-state index contributed by atoms with van der Waals surface area (Å²) in [7, 11) is 1.28. The predicted molar refractivity (Wildman–Crippen MR) is 86.9 cm³/mol. The van der Waals surface area contributed by atoms with Crippen molar-refractivity contribution in [1.29, 1.82) is 0 Å². The van der Waals surface area contributed by atoms with Crippen molar-refractivity contribution in [2.24, 2.45) is 0 Å². The zero-order chi connectivity index (χ0) is 16.8. The Morgan fingerprint density at radius 1 is 1.48 bits per heavy atom. The van der Waals surface area contributed by atoms with Gasteiger partial charge in [0.1, 0.15) is 6.42 Å². The molecule has 1 aliphatic heterocycles. The number of hydrogen-bond acceptors (Lipinski definition) is 4. The Morgan fingerprint density at radius 2 is 2.26 bits per heavy atom. The number of nitrogens with one attached hydrogen (secondary N) is 3. The van der Waals surface area contributed by atoms with Crippen LogP contribution in [0, 0.1) is 0 Å². The first kappa shape index (κ1) is 17.4. The van der Waals surface area contributed by atoms with E-state index in [0.29, 0.717) is 18.8 Å². The van der Waals surface area contributed by atoms with Crippen molar-refractivity contribution >= 4 is 39.4 Å². The van der Waals surface area contributed by atoms with Crippen LogP contribution in [-0.2, 0) is 19.1 Å². The minimum absolute atomic E-state index is 0.0398. The van der Waals surface area contributed by atoms with Crippen LogP contribution in [0.2, 0.25) is 0 Å². The van der Waals surface area contributed by atoms with E-state index in [1.807, 2.05) is 12.1 Å². The lowest BCUT2D eigenvalue weighted by Crippen LogP contribution is -3.20. The second-order valence-electron chi connectivity index (χ2n) is 5.27. The standard InChI is InChI=1S/C15H18BrN3O4/c1-23-14(21)8-12-15(22)17-5-6-19(12)9-13(20)18-11-4-2-3-10(16)7-11/h2-4,7,12H,5-6,8-9H2,1H3,(H,17,22)(H,18,20)/p+1/t12-/m0/s1. The van der Waals surface area contributed by atoms with Gasteiger partial charge in [-0.25, -0.2) is 0 Å². The van der Waals surface area contributed by atoms with E-state index in [-0.39, 0.29) is 24.8 Å². The fraction of sp³-hybridized carbons (Fsp3) is 0.400. The smallest absolute Gasteiger partial charge is 0.312 e. The average Bonchev–Trinajstić information content (AvgIpc) is 2.50. The molecule has 1 saturated heterocycles. The molecule has 1 heterocycles. The highest BCUT2D eigenvalue weighted by Crippen LogP contribution is 2.15. The fourth-order valence-electron chi connectivity index (χ4n) is 2.51. The van der Waals surface area contributed by atoms with Gasteiger partial charge in [-0.2, -0.15) is 0 Å². The number of rotatable bonds is 5. The van der Waals surface area contributed by atoms with Gasteiger partial charge >= 0.3 is 5.97 Å². The molecule has 23 heavy (non-hydrogen) atoms. The summed E-state index contributed by atoms with van der Waals surface area (Å²) in [5.74, 6) is -0.897. The lowest BCUT2D eigenvalue weighted by Gasteiger charge is -2.30. The molecule has 2 atom stereocenters. The Bertz CT molecular complexity index is 608. The van der Waals surface area contributed by atoms with Crippen molar-refractivity contribution in [3.63, 3.8) is 0 Å². The SMILES string of the molecule is COC(=O)C[C@H]1C(=O)NCC[NH+]1CC(=O)Nc1cccc(Br)c1. The number of anilines is 1. The van der Waals surface area contributed by atoms with E-state index < -0.39 is 12.0 Å². The van der Waals surface area contributed by atoms with Gasteiger partial charge in [0.05, 0.1) is 20.2 Å². The Labute approximate surface area is 142 Å². The molecule has 2 amide bonds. The lowest BCUT2D eigenvalue weighted by molar-refractivity contribution is -0.909. The van der Waals surface area contributed by atoms with Gasteiger partial charge < -0.3 is 20.3 Å². The number of carbonyl (C=O) groups excluding carboxylic acids is 3. The summed E-state index contributed by atoms with van der Waals surface area (Å²) < 4.78 is 5.49. The summed E-state index contributed by atoms with van der Waals surface area (Å²) in [5.41, 5.74) is 0.676. The molecule has 8 heteroatoms. The van der Waals surface area contributed by atoms with Crippen LogP contribution in [0.15, 0.2) is 28.7 Å². The first-order valence-corrected chi connectivity index (χ1v) is 8.03. The third-order valence-corrected chi connectivity index (χ3v) is 4.14. The highest BCUT2D eigenvalue weighted by molar-refractivity contribution is 9.10. The van der Waals surface area contributed by atoms with Crippen molar-refractivity contribution in [3.05, 3.63) is 28.7 Å². The quantitative estimate of drug-likeness (QED) is 0.587. The zero-order valence-electron chi connectivity index (χ0n) is 12.7. The molecule has 124 valence electrons. The molecule has 0 aromatic heterocycles. The normalized spacial score (nSPS) is 20.5. The number of halogens is 1. The van der Waals surface area contributed by atoms with Crippen molar-refractivity contribution < 1.29 is 24.0 Å². The Hall–Kier alpha value is -1.93. The molecule has 1 aromatic carbocycles. The van der Waals surface area contributed by atoms with Crippen LogP contribution in [0.25, 0.3) is 0 Å². The maximum Gasteiger partial charge on any atom is 0.312 e. The molecular weight excluding hydrogens is 366 g/mol. The van der Waals surface area contributed by atoms with Crippen LogP contribution in [0.1, 0.15) is 6.42 Å². The summed E-state index contributed by atoms with van der Waals surface area (Å²) in [6.45, 7) is 1.18. The zero-order valence-corrected chi connectivity index (χ0v) is 14.3. The number of piperazine rings is 1. The van der Waals surface area contributed by atoms with Gasteiger partial charge in [-0.1, -0.05) is 22.0 Å². The Kier molecular flexibility index (Phi) is 6.12. The van der Waals surface area contributed by atoms with Crippen molar-refractivity contribution in [2.75, 3.05) is 32.1 Å². The van der Waals surface area contributed by atoms with E-state index in [2.05, 4.69) is 31.3 Å². The Balaban J connectivity index is 1.99. The maximum absolute atomic E-state index is 12.2. The average molecular weight is 385 g/mol. The number of quaternary nitrogens is 1. The predicted octanol–water partition coefficient (Wildman–Crippen LogP) is -0.666. The monoisotopic (exact) mass is 384 g/mol. The van der Waals surface area contributed by atoms with E-state index in [9.17, 15) is 14.4 Å². The molecule has 1 aliphatic rings. The minimum Gasteiger partial charge on any atom is -0.469 e. The van der Waals surface area contributed by atoms with Crippen LogP contribution < -0.4 is 15.5 Å². The van der Waals surface area contributed by atoms with Crippen LogP contribution in [0.5, 0.6) is 0 Å². The molecule has 1 unspecified atom stereocenters. The lowest BCUT2D eigenvalue weighted by atomic mass is 10.1. The number of methoxy groups -OCH3 is 1. The molecule has 2 rings (SSSR count). The van der Waals surface area contributed by atoms with Crippen LogP contribution in [0.4, 0.5) is 5.69 Å². The van der Waals surface area contributed by atoms with Gasteiger partial charge in [0.2, 0.25) is 0 Å². The molecule has 3 N–H and O–H groups in total. The summed E-state index contributed by atoms with van der Waals surface area (Å²) in [4.78, 5) is 36.4. The molecule has 1 fully saturated rings. The largest absolute Gasteiger partial charge is 0.469 e. The molecule has 0 radical (unpaired) electrons. The van der Waals surface area contributed by atoms with E-state index in [1.165, 1.54) is 7.11 Å². The molecule has 0 aliphatic carbocycles. The van der Waals surface area contributed by atoms with Crippen LogP contribution in [-0.4, -0.2) is 50.6 Å². The molecular formula is C15H19BrN3O4+. The number of ether oxygens (including phenoxy) is 1. The molecule has 0 spiro atoms. The van der Waals surface area contributed by atoms with E-state index >= 15 is 0 Å². The highest BCUT2D eigenvalue weighted by Gasteiger charge is 2.36. The van der Waals surface area contributed by atoms with E-state index in [1.54, 1.807) is 12.1 Å². The molecule has 1 aromatic rings. The third-order valence-electron chi connectivity index (χ3n) is 3.65. The van der Waals surface area contributed by atoms with Gasteiger partial charge in [-0.15, -0.1) is 0 Å². The van der Waals surface area contributed by atoms with Gasteiger partial charge in [-0.3, -0.25) is 14.4 Å². The van der Waals surface area contributed by atoms with Gasteiger partial charge in [-0.05, 0) is 18.2 Å². The van der Waals surface area contributed by atoms with Gasteiger partial charge in [0, 0.05) is 10.2 Å². The van der Waals surface area contributed by atoms with Gasteiger partial charge in [0.25, 0.3) is 11.8 Å². The fourth-order valence-corrected chi connectivity index (χ4v) is 2.90. The van der Waals surface area contributed by atoms with E-state index in [4.69, 9.17) is 0 Å². The number of esters is 1. The topological polar surface area (TPSA) is 88.9 Å². The minimum atomic E-state index is -0.607. The van der Waals surface area contributed by atoms with Crippen molar-refractivity contribution in [1.82, 2.24) is 5.32 Å².